The van der Waals surface area contributed by atoms with E-state index >= 15 is 0 Å². The maximum absolute atomic E-state index is 11.8. The Kier molecular flexibility index (Phi) is 4.77. The third-order valence-electron chi connectivity index (χ3n) is 3.48. The molecule has 0 aromatic rings. The highest BCUT2D eigenvalue weighted by Crippen LogP contribution is 2.26. The van der Waals surface area contributed by atoms with E-state index in [1.807, 2.05) is 13.8 Å². The monoisotopic (exact) mass is 227 g/mol. The van der Waals surface area contributed by atoms with Crippen LogP contribution in [0.4, 0.5) is 0 Å². The second-order valence-electron chi connectivity index (χ2n) is 4.57. The van der Waals surface area contributed by atoms with Crippen molar-refractivity contribution in [1.29, 1.82) is 0 Å². The van der Waals surface area contributed by atoms with Gasteiger partial charge in [-0.2, -0.15) is 0 Å². The molecule has 0 bridgehead atoms. The fraction of sp³-hybridized carbons (Fsp3) is 0.833. The Morgan fingerprint density at radius 3 is 2.38 bits per heavy atom. The number of aliphatic carboxylic acids is 1. The first kappa shape index (κ1) is 13.0. The standard InChI is InChI=1S/C12H21NO3/c1-3-8(4-2)11(14)13-10-6-5-9(7-10)12(15)16/h8-10H,3-7H2,1-2H3,(H,13,14)(H,15,16). The van der Waals surface area contributed by atoms with Crippen molar-refractivity contribution < 1.29 is 14.7 Å². The summed E-state index contributed by atoms with van der Waals surface area (Å²) in [4.78, 5) is 22.5. The van der Waals surface area contributed by atoms with Crippen molar-refractivity contribution in [3.63, 3.8) is 0 Å². The number of nitrogens with one attached hydrogen (secondary N) is 1. The molecule has 1 aliphatic rings. The summed E-state index contributed by atoms with van der Waals surface area (Å²) in [5, 5.41) is 11.8. The van der Waals surface area contributed by atoms with Crippen LogP contribution in [0.5, 0.6) is 0 Å². The zero-order chi connectivity index (χ0) is 12.1. The molecule has 0 heterocycles. The summed E-state index contributed by atoms with van der Waals surface area (Å²) in [6.45, 7) is 4.00. The lowest BCUT2D eigenvalue weighted by Crippen LogP contribution is -2.37. The van der Waals surface area contributed by atoms with Crippen LogP contribution in [0.15, 0.2) is 0 Å². The van der Waals surface area contributed by atoms with Crippen LogP contribution in [0.1, 0.15) is 46.0 Å². The van der Waals surface area contributed by atoms with Gasteiger partial charge in [-0.1, -0.05) is 13.8 Å². The Morgan fingerprint density at radius 1 is 1.31 bits per heavy atom. The van der Waals surface area contributed by atoms with Crippen LogP contribution >= 0.6 is 0 Å². The van der Waals surface area contributed by atoms with Crippen LogP contribution in [-0.4, -0.2) is 23.0 Å². The van der Waals surface area contributed by atoms with Crippen molar-refractivity contribution in [2.24, 2.45) is 11.8 Å². The summed E-state index contributed by atoms with van der Waals surface area (Å²) in [5.74, 6) is -0.851. The number of carbonyl (C=O) groups is 2. The van der Waals surface area contributed by atoms with Crippen LogP contribution in [0.2, 0.25) is 0 Å². The van der Waals surface area contributed by atoms with E-state index in [-0.39, 0.29) is 23.8 Å². The maximum atomic E-state index is 11.8. The Morgan fingerprint density at radius 2 is 1.94 bits per heavy atom. The van der Waals surface area contributed by atoms with Crippen LogP contribution < -0.4 is 5.32 Å². The van der Waals surface area contributed by atoms with Gasteiger partial charge >= 0.3 is 5.97 Å². The summed E-state index contributed by atoms with van der Waals surface area (Å²) in [7, 11) is 0. The summed E-state index contributed by atoms with van der Waals surface area (Å²) in [6, 6.07) is 0.0641. The number of carboxylic acids is 1. The van der Waals surface area contributed by atoms with Crippen molar-refractivity contribution in [3.05, 3.63) is 0 Å². The van der Waals surface area contributed by atoms with E-state index in [2.05, 4.69) is 5.32 Å². The van der Waals surface area contributed by atoms with Gasteiger partial charge in [0.05, 0.1) is 5.92 Å². The molecule has 2 unspecified atom stereocenters. The topological polar surface area (TPSA) is 66.4 Å². The average molecular weight is 227 g/mol. The van der Waals surface area contributed by atoms with E-state index in [0.717, 1.165) is 19.3 Å². The van der Waals surface area contributed by atoms with E-state index in [1.54, 1.807) is 0 Å². The quantitative estimate of drug-likeness (QED) is 0.752. The predicted octanol–water partition coefficient (Wildman–Crippen LogP) is 1.79. The van der Waals surface area contributed by atoms with Crippen LogP contribution in [0, 0.1) is 11.8 Å². The molecule has 4 heteroatoms. The summed E-state index contributed by atoms with van der Waals surface area (Å²) in [6.07, 6.45) is 3.75. The highest BCUT2D eigenvalue weighted by molar-refractivity contribution is 5.79. The van der Waals surface area contributed by atoms with Gasteiger partial charge in [-0.15, -0.1) is 0 Å². The smallest absolute Gasteiger partial charge is 0.306 e. The molecule has 1 rings (SSSR count). The number of hydrogen-bond acceptors (Lipinski definition) is 2. The minimum atomic E-state index is -0.737. The largest absolute Gasteiger partial charge is 0.481 e. The Labute approximate surface area is 96.4 Å². The van der Waals surface area contributed by atoms with Crippen molar-refractivity contribution in [2.45, 2.75) is 52.0 Å². The molecule has 0 radical (unpaired) electrons. The average Bonchev–Trinajstić information content (AvgIpc) is 2.68. The number of carbonyl (C=O) groups excluding carboxylic acids is 1. The third kappa shape index (κ3) is 3.22. The molecule has 0 aromatic carbocycles. The van der Waals surface area contributed by atoms with Gasteiger partial charge in [-0.05, 0) is 32.1 Å². The van der Waals surface area contributed by atoms with Crippen molar-refractivity contribution in [1.82, 2.24) is 5.32 Å². The molecule has 92 valence electrons. The Hall–Kier alpha value is -1.06. The van der Waals surface area contributed by atoms with Gasteiger partial charge in [0.25, 0.3) is 0 Å². The molecule has 1 aliphatic carbocycles. The molecule has 16 heavy (non-hydrogen) atoms. The first-order valence-corrected chi connectivity index (χ1v) is 6.11. The molecule has 0 aromatic heterocycles. The van der Waals surface area contributed by atoms with E-state index in [9.17, 15) is 9.59 Å². The van der Waals surface area contributed by atoms with Crippen LogP contribution in [-0.2, 0) is 9.59 Å². The fourth-order valence-electron chi connectivity index (χ4n) is 2.32. The van der Waals surface area contributed by atoms with E-state index < -0.39 is 5.97 Å². The summed E-state index contributed by atoms with van der Waals surface area (Å²) in [5.41, 5.74) is 0. The zero-order valence-electron chi connectivity index (χ0n) is 10.0. The number of rotatable bonds is 5. The first-order chi connectivity index (χ1) is 7.58. The second kappa shape index (κ2) is 5.87. The van der Waals surface area contributed by atoms with Gasteiger partial charge in [0.1, 0.15) is 0 Å². The minimum absolute atomic E-state index is 0.0641. The lowest BCUT2D eigenvalue weighted by atomic mass is 10.0. The molecule has 1 fully saturated rings. The van der Waals surface area contributed by atoms with Gasteiger partial charge in [0.15, 0.2) is 0 Å². The maximum Gasteiger partial charge on any atom is 0.306 e. The van der Waals surface area contributed by atoms with Gasteiger partial charge in [0.2, 0.25) is 5.91 Å². The Bertz CT molecular complexity index is 261. The Balaban J connectivity index is 2.39. The fourth-order valence-corrected chi connectivity index (χ4v) is 2.32. The molecule has 0 spiro atoms. The lowest BCUT2D eigenvalue weighted by molar-refractivity contribution is -0.141. The molecule has 2 N–H and O–H groups in total. The van der Waals surface area contributed by atoms with E-state index in [0.29, 0.717) is 12.8 Å². The third-order valence-corrected chi connectivity index (χ3v) is 3.48. The van der Waals surface area contributed by atoms with E-state index in [4.69, 9.17) is 5.11 Å². The zero-order valence-corrected chi connectivity index (χ0v) is 10.0. The molecular weight excluding hydrogens is 206 g/mol. The predicted molar refractivity (Wildman–Crippen MR) is 61.0 cm³/mol. The van der Waals surface area contributed by atoms with Crippen molar-refractivity contribution >= 4 is 11.9 Å². The minimum Gasteiger partial charge on any atom is -0.481 e. The van der Waals surface area contributed by atoms with Gasteiger partial charge < -0.3 is 10.4 Å². The van der Waals surface area contributed by atoms with Gasteiger partial charge in [0, 0.05) is 12.0 Å². The van der Waals surface area contributed by atoms with Crippen molar-refractivity contribution in [3.8, 4) is 0 Å². The van der Waals surface area contributed by atoms with E-state index in [1.165, 1.54) is 0 Å². The van der Waals surface area contributed by atoms with Crippen LogP contribution in [0.25, 0.3) is 0 Å². The van der Waals surface area contributed by atoms with Gasteiger partial charge in [-0.25, -0.2) is 0 Å². The first-order valence-electron chi connectivity index (χ1n) is 6.11. The molecule has 0 aliphatic heterocycles. The molecule has 0 saturated heterocycles. The SMILES string of the molecule is CCC(CC)C(=O)NC1CCC(C(=O)O)C1. The molecule has 2 atom stereocenters. The highest BCUT2D eigenvalue weighted by atomic mass is 16.4. The van der Waals surface area contributed by atoms with Crippen molar-refractivity contribution in [2.75, 3.05) is 0 Å². The second-order valence-corrected chi connectivity index (χ2v) is 4.57. The number of amides is 1. The molecule has 1 saturated carbocycles. The molecular formula is C12H21NO3. The highest BCUT2D eigenvalue weighted by Gasteiger charge is 2.31. The summed E-state index contributed by atoms with van der Waals surface area (Å²) >= 11 is 0. The normalized spacial score (nSPS) is 24.7. The molecule has 1 amide bonds. The lowest BCUT2D eigenvalue weighted by Gasteiger charge is -2.17. The van der Waals surface area contributed by atoms with Crippen LogP contribution in [0.3, 0.4) is 0 Å². The summed E-state index contributed by atoms with van der Waals surface area (Å²) < 4.78 is 0. The van der Waals surface area contributed by atoms with Gasteiger partial charge in [-0.3, -0.25) is 9.59 Å². The molecule has 4 nitrogen and oxygen atoms in total. The number of hydrogen-bond donors (Lipinski definition) is 2. The number of carboxylic acid groups (broad SMARTS) is 1.